The van der Waals surface area contributed by atoms with Crippen LogP contribution in [0.25, 0.3) is 38.2 Å². The van der Waals surface area contributed by atoms with Gasteiger partial charge in [0.25, 0.3) is 5.91 Å². The van der Waals surface area contributed by atoms with Crippen LogP contribution >= 0.6 is 11.3 Å². The molecule has 0 fully saturated rings. The number of pyridine rings is 2. The molecule has 0 aliphatic heterocycles. The fourth-order valence-corrected chi connectivity index (χ4v) is 6.14. The van der Waals surface area contributed by atoms with Gasteiger partial charge in [-0.15, -0.1) is 11.3 Å². The molecule has 0 unspecified atom stereocenters. The number of nitrogens with two attached hydrogens (primary N) is 1. The number of nitrogen functional groups attached to an aromatic ring is 1. The van der Waals surface area contributed by atoms with E-state index in [0.29, 0.717) is 22.9 Å². The van der Waals surface area contributed by atoms with Gasteiger partial charge in [-0.25, -0.2) is 4.98 Å². The monoisotopic (exact) mass is 574 g/mol. The summed E-state index contributed by atoms with van der Waals surface area (Å²) in [7, 11) is 3.49. The van der Waals surface area contributed by atoms with Crippen molar-refractivity contribution in [3.63, 3.8) is 0 Å². The van der Waals surface area contributed by atoms with Gasteiger partial charge in [-0.1, -0.05) is 36.4 Å². The average molecular weight is 575 g/mol. The molecule has 0 bridgehead atoms. The minimum atomic E-state index is -0.208. The summed E-state index contributed by atoms with van der Waals surface area (Å²) in [4.78, 5) is 21.8. The van der Waals surface area contributed by atoms with Crippen LogP contribution in [0.4, 0.5) is 11.5 Å². The molecular formula is C33H30N6O2S. The van der Waals surface area contributed by atoms with Gasteiger partial charge in [0.1, 0.15) is 17.3 Å². The Balaban J connectivity index is 1.23. The van der Waals surface area contributed by atoms with Crippen LogP contribution in [0.5, 0.6) is 5.75 Å². The predicted octanol–water partition coefficient (Wildman–Crippen LogP) is 6.50. The second-order valence-corrected chi connectivity index (χ2v) is 10.7. The molecular weight excluding hydrogens is 544 g/mol. The molecule has 42 heavy (non-hydrogen) atoms. The second-order valence-electron chi connectivity index (χ2n) is 9.86. The highest BCUT2D eigenvalue weighted by molar-refractivity contribution is 7.18. The number of nitrogens with one attached hydrogen (secondary N) is 2. The SMILES string of the molecule is COc1cc(-c2csc3c(/C=C/CNCc4ccncc4)cnc(N)c23)ccc1NC(=O)c1cc2ccccc2n1C. The molecule has 2 aromatic carbocycles. The van der Waals surface area contributed by atoms with E-state index in [-0.39, 0.29) is 5.91 Å². The first-order valence-electron chi connectivity index (χ1n) is 13.5. The summed E-state index contributed by atoms with van der Waals surface area (Å²) in [6.45, 7) is 1.49. The number of para-hydroxylation sites is 1. The van der Waals surface area contributed by atoms with E-state index in [1.54, 1.807) is 30.8 Å². The Labute approximate surface area is 247 Å². The maximum absolute atomic E-state index is 13.2. The highest BCUT2D eigenvalue weighted by atomic mass is 32.1. The van der Waals surface area contributed by atoms with Crippen molar-refractivity contribution in [2.75, 3.05) is 24.7 Å². The molecule has 0 atom stereocenters. The lowest BCUT2D eigenvalue weighted by molar-refractivity contribution is 0.101. The zero-order chi connectivity index (χ0) is 29.1. The van der Waals surface area contributed by atoms with Gasteiger partial charge in [0.15, 0.2) is 0 Å². The molecule has 6 aromatic rings. The first-order chi connectivity index (χ1) is 20.5. The van der Waals surface area contributed by atoms with E-state index in [1.165, 1.54) is 5.56 Å². The number of hydrogen-bond donors (Lipinski definition) is 3. The first-order valence-corrected chi connectivity index (χ1v) is 14.4. The van der Waals surface area contributed by atoms with Crippen LogP contribution in [0.3, 0.4) is 0 Å². The lowest BCUT2D eigenvalue weighted by atomic mass is 10.0. The normalized spacial score (nSPS) is 11.5. The molecule has 0 saturated carbocycles. The maximum Gasteiger partial charge on any atom is 0.272 e. The van der Waals surface area contributed by atoms with E-state index < -0.39 is 0 Å². The number of rotatable bonds is 9. The van der Waals surface area contributed by atoms with E-state index in [2.05, 4.69) is 38.1 Å². The van der Waals surface area contributed by atoms with Crippen LogP contribution in [0.15, 0.2) is 90.7 Å². The van der Waals surface area contributed by atoms with E-state index in [4.69, 9.17) is 10.5 Å². The van der Waals surface area contributed by atoms with Crippen LogP contribution < -0.4 is 21.1 Å². The van der Waals surface area contributed by atoms with Crippen molar-refractivity contribution in [1.29, 1.82) is 0 Å². The summed E-state index contributed by atoms with van der Waals surface area (Å²) < 4.78 is 8.65. The van der Waals surface area contributed by atoms with Gasteiger partial charge in [-0.2, -0.15) is 0 Å². The van der Waals surface area contributed by atoms with Gasteiger partial charge < -0.3 is 25.7 Å². The Kier molecular flexibility index (Phi) is 7.68. The Morgan fingerprint density at radius 1 is 1.12 bits per heavy atom. The standard InChI is InChI=1S/C33H30N6O2S/c1-39-27-8-4-3-6-23(27)16-28(39)33(40)38-26-10-9-22(17-29(26)41-2)25-20-42-31-24(19-37-32(34)30(25)31)7-5-13-36-18-21-11-14-35-15-12-21/h3-12,14-17,19-20,36H,13,18H2,1-2H3,(H2,34,37)(H,38,40)/b7-5+. The van der Waals surface area contributed by atoms with Crippen molar-refractivity contribution in [2.24, 2.45) is 7.05 Å². The minimum Gasteiger partial charge on any atom is -0.495 e. The molecule has 1 amide bonds. The molecule has 4 N–H and O–H groups in total. The Bertz CT molecular complexity index is 1930. The molecule has 6 rings (SSSR count). The van der Waals surface area contributed by atoms with Crippen LogP contribution in [0, 0.1) is 0 Å². The molecule has 4 heterocycles. The number of hydrogen-bond acceptors (Lipinski definition) is 7. The highest BCUT2D eigenvalue weighted by Crippen LogP contribution is 2.41. The van der Waals surface area contributed by atoms with Crippen molar-refractivity contribution in [3.8, 4) is 16.9 Å². The largest absolute Gasteiger partial charge is 0.495 e. The van der Waals surface area contributed by atoms with Gasteiger partial charge in [0, 0.05) is 70.8 Å². The molecule has 0 aliphatic rings. The van der Waals surface area contributed by atoms with Crippen LogP contribution in [0.1, 0.15) is 21.6 Å². The summed E-state index contributed by atoms with van der Waals surface area (Å²) >= 11 is 1.63. The summed E-state index contributed by atoms with van der Waals surface area (Å²) in [5, 5.41) is 10.4. The summed E-state index contributed by atoms with van der Waals surface area (Å²) in [6.07, 6.45) is 9.56. The number of ether oxygens (including phenoxy) is 1. The first kappa shape index (κ1) is 27.2. The van der Waals surface area contributed by atoms with Crippen molar-refractivity contribution in [1.82, 2.24) is 19.9 Å². The molecule has 4 aromatic heterocycles. The van der Waals surface area contributed by atoms with Gasteiger partial charge in [-0.05, 0) is 52.9 Å². The van der Waals surface area contributed by atoms with E-state index in [9.17, 15) is 4.79 Å². The third-order valence-electron chi connectivity index (χ3n) is 7.24. The third kappa shape index (κ3) is 5.35. The van der Waals surface area contributed by atoms with Gasteiger partial charge in [-0.3, -0.25) is 9.78 Å². The average Bonchev–Trinajstić information content (AvgIpc) is 3.61. The number of aryl methyl sites for hydroxylation is 1. The predicted molar refractivity (Wildman–Crippen MR) is 172 cm³/mol. The maximum atomic E-state index is 13.2. The minimum absolute atomic E-state index is 0.208. The number of thiophene rings is 1. The lowest BCUT2D eigenvalue weighted by Crippen LogP contribution is -2.16. The van der Waals surface area contributed by atoms with Crippen LogP contribution in [-0.4, -0.2) is 34.1 Å². The zero-order valence-electron chi connectivity index (χ0n) is 23.3. The fourth-order valence-electron chi connectivity index (χ4n) is 5.06. The molecule has 8 nitrogen and oxygen atoms in total. The molecule has 0 radical (unpaired) electrons. The van der Waals surface area contributed by atoms with E-state index in [0.717, 1.165) is 50.8 Å². The quantitative estimate of drug-likeness (QED) is 0.170. The highest BCUT2D eigenvalue weighted by Gasteiger charge is 2.18. The van der Waals surface area contributed by atoms with Gasteiger partial charge in [0.2, 0.25) is 0 Å². The number of methoxy groups -OCH3 is 1. The smallest absolute Gasteiger partial charge is 0.272 e. The summed E-state index contributed by atoms with van der Waals surface area (Å²) in [5.41, 5.74) is 12.6. The second kappa shape index (κ2) is 11.9. The molecule has 0 saturated heterocycles. The van der Waals surface area contributed by atoms with Crippen molar-refractivity contribution in [3.05, 3.63) is 108 Å². The summed E-state index contributed by atoms with van der Waals surface area (Å²) in [5.74, 6) is 0.823. The zero-order valence-corrected chi connectivity index (χ0v) is 24.1. The molecule has 9 heteroatoms. The number of fused-ring (bicyclic) bond motifs is 2. The molecule has 0 aliphatic carbocycles. The lowest BCUT2D eigenvalue weighted by Gasteiger charge is -2.13. The molecule has 210 valence electrons. The number of amides is 1. The number of aromatic nitrogens is 3. The van der Waals surface area contributed by atoms with Crippen molar-refractivity contribution in [2.45, 2.75) is 6.54 Å². The summed E-state index contributed by atoms with van der Waals surface area (Å²) in [6, 6.07) is 19.5. The van der Waals surface area contributed by atoms with Gasteiger partial charge in [0.05, 0.1) is 12.8 Å². The number of anilines is 2. The number of carbonyl (C=O) groups excluding carboxylic acids is 1. The Hall–Kier alpha value is -4.99. The Morgan fingerprint density at radius 2 is 1.95 bits per heavy atom. The number of benzene rings is 2. The topological polar surface area (TPSA) is 107 Å². The van der Waals surface area contributed by atoms with Gasteiger partial charge >= 0.3 is 0 Å². The van der Waals surface area contributed by atoms with Crippen molar-refractivity contribution < 1.29 is 9.53 Å². The molecule has 0 spiro atoms. The van der Waals surface area contributed by atoms with Crippen LogP contribution in [0.2, 0.25) is 0 Å². The van der Waals surface area contributed by atoms with E-state index in [1.807, 2.05) is 78.5 Å². The third-order valence-corrected chi connectivity index (χ3v) is 8.26. The number of carbonyl (C=O) groups is 1. The Morgan fingerprint density at radius 3 is 2.76 bits per heavy atom. The van der Waals surface area contributed by atoms with Crippen LogP contribution in [-0.2, 0) is 13.6 Å². The number of nitrogens with zero attached hydrogens (tertiary/aromatic N) is 3. The fraction of sp³-hybridized carbons (Fsp3) is 0.121. The van der Waals surface area contributed by atoms with Crippen molar-refractivity contribution >= 4 is 55.8 Å². The van der Waals surface area contributed by atoms with E-state index >= 15 is 0 Å².